The highest BCUT2D eigenvalue weighted by Gasteiger charge is 2.36. The molecule has 1 atom stereocenters. The fraction of sp³-hybridized carbons (Fsp3) is 0.625. The van der Waals surface area contributed by atoms with Crippen LogP contribution in [0.2, 0.25) is 0 Å². The molecule has 2 fully saturated rings. The van der Waals surface area contributed by atoms with E-state index in [0.29, 0.717) is 37.5 Å². The Morgan fingerprint density at radius 3 is 2.29 bits per heavy atom. The van der Waals surface area contributed by atoms with Crippen LogP contribution in [0.4, 0.5) is 0 Å². The third kappa shape index (κ3) is 3.51. The van der Waals surface area contributed by atoms with Crippen molar-refractivity contribution in [2.75, 3.05) is 37.7 Å². The molecule has 2 heterocycles. The minimum absolute atomic E-state index is 0.0426. The summed E-state index contributed by atoms with van der Waals surface area (Å²) in [7, 11) is -6.40. The quantitative estimate of drug-likeness (QED) is 0.784. The highest BCUT2D eigenvalue weighted by atomic mass is 32.2. The second-order valence-corrected chi connectivity index (χ2v) is 10.9. The first-order chi connectivity index (χ1) is 11.2. The van der Waals surface area contributed by atoms with Gasteiger partial charge in [0.2, 0.25) is 10.0 Å². The number of piperazine rings is 1. The van der Waals surface area contributed by atoms with Crippen molar-refractivity contribution in [3.8, 4) is 0 Å². The lowest BCUT2D eigenvalue weighted by Crippen LogP contribution is -2.52. The predicted octanol–water partition coefficient (Wildman–Crippen LogP) is 0.797. The zero-order valence-corrected chi connectivity index (χ0v) is 15.7. The molecule has 0 unspecified atom stereocenters. The lowest BCUT2D eigenvalue weighted by atomic mass is 10.2. The van der Waals surface area contributed by atoms with Gasteiger partial charge in [-0.15, -0.1) is 0 Å². The van der Waals surface area contributed by atoms with Crippen LogP contribution >= 0.6 is 0 Å². The third-order valence-electron chi connectivity index (χ3n) is 4.95. The zero-order valence-electron chi connectivity index (χ0n) is 14.1. The second kappa shape index (κ2) is 6.40. The number of rotatable bonds is 3. The van der Waals surface area contributed by atoms with Gasteiger partial charge < -0.3 is 0 Å². The van der Waals surface area contributed by atoms with Gasteiger partial charge in [-0.3, -0.25) is 4.90 Å². The van der Waals surface area contributed by atoms with Crippen LogP contribution in [0, 0.1) is 13.8 Å². The Morgan fingerprint density at radius 1 is 1.08 bits per heavy atom. The van der Waals surface area contributed by atoms with E-state index in [1.165, 1.54) is 4.31 Å². The van der Waals surface area contributed by atoms with E-state index in [2.05, 4.69) is 4.90 Å². The van der Waals surface area contributed by atoms with E-state index in [4.69, 9.17) is 0 Å². The first-order valence-corrected chi connectivity index (χ1v) is 11.5. The topological polar surface area (TPSA) is 74.8 Å². The third-order valence-corrected chi connectivity index (χ3v) is 8.76. The Labute approximate surface area is 144 Å². The SMILES string of the molecule is Cc1ccc(S(=O)(=O)N2CCN([C@@H]3CCS(=O)(=O)C3)CC2)c(C)c1. The van der Waals surface area contributed by atoms with E-state index in [-0.39, 0.29) is 17.5 Å². The van der Waals surface area contributed by atoms with Crippen LogP contribution in [0.25, 0.3) is 0 Å². The number of sulfonamides is 1. The van der Waals surface area contributed by atoms with E-state index in [0.717, 1.165) is 11.1 Å². The van der Waals surface area contributed by atoms with Crippen LogP contribution in [-0.2, 0) is 19.9 Å². The summed E-state index contributed by atoms with van der Waals surface area (Å²) >= 11 is 0. The lowest BCUT2D eigenvalue weighted by Gasteiger charge is -2.37. The standard InChI is InChI=1S/C16H24N2O4S2/c1-13-3-4-16(14(2)11-13)24(21,22)18-8-6-17(7-9-18)15-5-10-23(19,20)12-15/h3-4,11,15H,5-10,12H2,1-2H3/t15-/m1/s1. The van der Waals surface area contributed by atoms with E-state index < -0.39 is 19.9 Å². The molecule has 2 aliphatic heterocycles. The molecule has 0 bridgehead atoms. The van der Waals surface area contributed by atoms with Crippen molar-refractivity contribution in [3.63, 3.8) is 0 Å². The average molecular weight is 373 g/mol. The molecule has 24 heavy (non-hydrogen) atoms. The van der Waals surface area contributed by atoms with Gasteiger partial charge in [0.1, 0.15) is 0 Å². The van der Waals surface area contributed by atoms with Crippen molar-refractivity contribution in [2.24, 2.45) is 0 Å². The zero-order chi connectivity index (χ0) is 17.5. The van der Waals surface area contributed by atoms with E-state index in [9.17, 15) is 16.8 Å². The van der Waals surface area contributed by atoms with Crippen LogP contribution in [-0.4, -0.2) is 69.8 Å². The Hall–Kier alpha value is -0.960. The molecule has 134 valence electrons. The maximum absolute atomic E-state index is 12.9. The van der Waals surface area contributed by atoms with Gasteiger partial charge in [-0.2, -0.15) is 4.31 Å². The first kappa shape index (κ1) is 17.8. The maximum atomic E-state index is 12.9. The molecule has 0 saturated carbocycles. The number of benzene rings is 1. The summed E-state index contributed by atoms with van der Waals surface area (Å²) in [6.45, 7) is 5.75. The highest BCUT2D eigenvalue weighted by molar-refractivity contribution is 7.91. The molecule has 0 spiro atoms. The fourth-order valence-corrected chi connectivity index (χ4v) is 6.99. The van der Waals surface area contributed by atoms with Gasteiger partial charge >= 0.3 is 0 Å². The molecule has 0 aliphatic carbocycles. The van der Waals surface area contributed by atoms with Crippen LogP contribution in [0.3, 0.4) is 0 Å². The predicted molar refractivity (Wildman–Crippen MR) is 93.3 cm³/mol. The molecule has 2 aliphatic rings. The van der Waals surface area contributed by atoms with Crippen molar-refractivity contribution < 1.29 is 16.8 Å². The Balaban J connectivity index is 1.70. The molecule has 8 heteroatoms. The summed E-state index contributed by atoms with van der Waals surface area (Å²) in [4.78, 5) is 2.49. The Bertz CT molecular complexity index is 826. The molecule has 1 aromatic carbocycles. The Kier molecular flexibility index (Phi) is 4.76. The molecule has 3 rings (SSSR count). The summed E-state index contributed by atoms with van der Waals surface area (Å²) < 4.78 is 50.5. The molecular weight excluding hydrogens is 348 g/mol. The fourth-order valence-electron chi connectivity index (χ4n) is 3.60. The summed E-state index contributed by atoms with van der Waals surface area (Å²) in [5, 5.41) is 0. The van der Waals surface area contributed by atoms with Gasteiger partial charge in [-0.05, 0) is 31.9 Å². The molecule has 1 aromatic rings. The number of hydrogen-bond acceptors (Lipinski definition) is 5. The van der Waals surface area contributed by atoms with Gasteiger partial charge in [-0.25, -0.2) is 16.8 Å². The normalized spacial score (nSPS) is 25.8. The minimum Gasteiger partial charge on any atom is -0.297 e. The average Bonchev–Trinajstić information content (AvgIpc) is 2.87. The molecule has 6 nitrogen and oxygen atoms in total. The number of aryl methyl sites for hydroxylation is 2. The van der Waals surface area contributed by atoms with Gasteiger partial charge in [-0.1, -0.05) is 17.7 Å². The summed E-state index contributed by atoms with van der Waals surface area (Å²) in [5.74, 6) is 0.454. The number of hydrogen-bond donors (Lipinski definition) is 0. The summed E-state index contributed by atoms with van der Waals surface area (Å²) in [6, 6.07) is 5.42. The second-order valence-electron chi connectivity index (χ2n) is 6.77. The number of nitrogens with zero attached hydrogens (tertiary/aromatic N) is 2. The van der Waals surface area contributed by atoms with Crippen molar-refractivity contribution in [2.45, 2.75) is 31.2 Å². The highest BCUT2D eigenvalue weighted by Crippen LogP contribution is 2.24. The van der Waals surface area contributed by atoms with Crippen LogP contribution in [0.15, 0.2) is 23.1 Å². The van der Waals surface area contributed by atoms with Crippen LogP contribution < -0.4 is 0 Å². The van der Waals surface area contributed by atoms with Crippen molar-refractivity contribution in [3.05, 3.63) is 29.3 Å². The van der Waals surface area contributed by atoms with Gasteiger partial charge in [0.05, 0.1) is 16.4 Å². The number of sulfone groups is 1. The van der Waals surface area contributed by atoms with Crippen molar-refractivity contribution >= 4 is 19.9 Å². The molecule has 0 radical (unpaired) electrons. The van der Waals surface area contributed by atoms with E-state index in [1.807, 2.05) is 26.0 Å². The van der Waals surface area contributed by atoms with Crippen LogP contribution in [0.5, 0.6) is 0 Å². The van der Waals surface area contributed by atoms with Gasteiger partial charge in [0, 0.05) is 32.2 Å². The van der Waals surface area contributed by atoms with E-state index in [1.54, 1.807) is 6.07 Å². The summed E-state index contributed by atoms with van der Waals surface area (Å²) in [5.41, 5.74) is 1.80. The van der Waals surface area contributed by atoms with E-state index >= 15 is 0 Å². The van der Waals surface area contributed by atoms with Gasteiger partial charge in [0.25, 0.3) is 0 Å². The van der Waals surface area contributed by atoms with Crippen LogP contribution in [0.1, 0.15) is 17.5 Å². The van der Waals surface area contributed by atoms with Gasteiger partial charge in [0.15, 0.2) is 9.84 Å². The minimum atomic E-state index is -3.49. The van der Waals surface area contributed by atoms with Crippen molar-refractivity contribution in [1.82, 2.24) is 9.21 Å². The lowest BCUT2D eigenvalue weighted by molar-refractivity contribution is 0.148. The monoisotopic (exact) mass is 372 g/mol. The van der Waals surface area contributed by atoms with Crippen molar-refractivity contribution in [1.29, 1.82) is 0 Å². The maximum Gasteiger partial charge on any atom is 0.243 e. The molecule has 0 N–H and O–H groups in total. The molecule has 0 aromatic heterocycles. The molecule has 0 amide bonds. The molecular formula is C16H24N2O4S2. The Morgan fingerprint density at radius 2 is 1.75 bits per heavy atom. The first-order valence-electron chi connectivity index (χ1n) is 8.21. The smallest absolute Gasteiger partial charge is 0.243 e. The largest absolute Gasteiger partial charge is 0.297 e. The molecule has 2 saturated heterocycles. The summed E-state index contributed by atoms with van der Waals surface area (Å²) in [6.07, 6.45) is 0.659.